The average Bonchev–Trinajstić information content (AvgIpc) is 2.99. The number of piperidine rings is 1. The van der Waals surface area contributed by atoms with Gasteiger partial charge in [-0.2, -0.15) is 0 Å². The van der Waals surface area contributed by atoms with Crippen molar-refractivity contribution in [2.75, 3.05) is 32.1 Å². The van der Waals surface area contributed by atoms with Crippen molar-refractivity contribution in [3.63, 3.8) is 0 Å². The van der Waals surface area contributed by atoms with Gasteiger partial charge in [-0.1, -0.05) is 47.5 Å². The Morgan fingerprint density at radius 1 is 1.00 bits per heavy atom. The normalized spacial score (nSPS) is 18.3. The van der Waals surface area contributed by atoms with Crippen molar-refractivity contribution in [2.45, 2.75) is 25.8 Å². The van der Waals surface area contributed by atoms with Crippen molar-refractivity contribution in [2.24, 2.45) is 0 Å². The molecule has 162 valence electrons. The van der Waals surface area contributed by atoms with Crippen LogP contribution in [0, 0.1) is 6.92 Å². The molecule has 0 radical (unpaired) electrons. The number of para-hydroxylation sites is 1. The second-order valence-electron chi connectivity index (χ2n) is 8.23. The van der Waals surface area contributed by atoms with E-state index in [2.05, 4.69) is 11.9 Å². The van der Waals surface area contributed by atoms with Crippen molar-refractivity contribution in [3.8, 4) is 0 Å². The minimum atomic E-state index is -0.363. The predicted octanol–water partition coefficient (Wildman–Crippen LogP) is 4.61. The molecule has 0 bridgehead atoms. The van der Waals surface area contributed by atoms with Crippen molar-refractivity contribution in [1.82, 2.24) is 9.80 Å². The van der Waals surface area contributed by atoms with Gasteiger partial charge in [-0.3, -0.25) is 9.59 Å². The molecule has 2 aromatic carbocycles. The maximum atomic E-state index is 13.7. The maximum absolute atomic E-state index is 13.7. The molecule has 2 aliphatic rings. The smallest absolute Gasteiger partial charge is 0.282 e. The van der Waals surface area contributed by atoms with Crippen LogP contribution in [-0.4, -0.2) is 54.8 Å². The van der Waals surface area contributed by atoms with E-state index < -0.39 is 0 Å². The van der Waals surface area contributed by atoms with Gasteiger partial charge in [0.1, 0.15) is 5.70 Å². The summed E-state index contributed by atoms with van der Waals surface area (Å²) in [5.41, 5.74) is 2.69. The molecular weight excluding hydrogens is 433 g/mol. The van der Waals surface area contributed by atoms with E-state index in [0.29, 0.717) is 32.6 Å². The Bertz CT molecular complexity index is 1070. The summed E-state index contributed by atoms with van der Waals surface area (Å²) in [4.78, 5) is 32.9. The highest BCUT2D eigenvalue weighted by atomic mass is 35.5. The van der Waals surface area contributed by atoms with E-state index in [1.807, 2.05) is 37.1 Å². The number of hydrogen-bond donors (Lipinski definition) is 0. The SMILES string of the molecule is Cc1ccccc1N1C(=O)C(c2ccc(Cl)cc2Cl)=C(N(C)C2CCN(C)CC2)C1=O. The lowest BCUT2D eigenvalue weighted by Gasteiger charge is -2.36. The number of hydrogen-bond acceptors (Lipinski definition) is 4. The summed E-state index contributed by atoms with van der Waals surface area (Å²) in [5.74, 6) is -0.681. The number of likely N-dealkylation sites (tertiary alicyclic amines) is 1. The Hall–Kier alpha value is -2.34. The van der Waals surface area contributed by atoms with Gasteiger partial charge in [0, 0.05) is 23.7 Å². The molecule has 7 heteroatoms. The molecule has 2 aromatic rings. The van der Waals surface area contributed by atoms with Crippen LogP contribution in [0.15, 0.2) is 48.2 Å². The molecule has 4 rings (SSSR count). The van der Waals surface area contributed by atoms with E-state index in [4.69, 9.17) is 23.2 Å². The van der Waals surface area contributed by atoms with Crippen molar-refractivity contribution < 1.29 is 9.59 Å². The van der Waals surface area contributed by atoms with E-state index in [-0.39, 0.29) is 17.9 Å². The first-order valence-electron chi connectivity index (χ1n) is 10.3. The Balaban J connectivity index is 1.84. The number of rotatable bonds is 4. The van der Waals surface area contributed by atoms with Crippen molar-refractivity contribution in [3.05, 3.63) is 69.3 Å². The fraction of sp³-hybridized carbons (Fsp3) is 0.333. The number of benzene rings is 2. The Morgan fingerprint density at radius 3 is 2.32 bits per heavy atom. The molecule has 2 amide bonds. The highest BCUT2D eigenvalue weighted by molar-refractivity contribution is 6.47. The number of nitrogens with zero attached hydrogens (tertiary/aromatic N) is 3. The fourth-order valence-electron chi connectivity index (χ4n) is 4.38. The summed E-state index contributed by atoms with van der Waals surface area (Å²) in [6.07, 6.45) is 1.84. The standard InChI is InChI=1S/C24H25Cl2N3O2/c1-15-6-4-5-7-20(15)29-23(30)21(18-9-8-16(25)14-19(18)26)22(24(29)31)28(3)17-10-12-27(2)13-11-17/h4-9,14,17H,10-13H2,1-3H3. The van der Waals surface area contributed by atoms with Crippen molar-refractivity contribution >= 4 is 46.3 Å². The lowest BCUT2D eigenvalue weighted by atomic mass is 10.00. The summed E-state index contributed by atoms with van der Waals surface area (Å²) < 4.78 is 0. The van der Waals surface area contributed by atoms with Crippen LogP contribution in [0.1, 0.15) is 24.0 Å². The molecule has 0 unspecified atom stereocenters. The monoisotopic (exact) mass is 457 g/mol. The summed E-state index contributed by atoms with van der Waals surface area (Å²) >= 11 is 12.6. The third kappa shape index (κ3) is 3.98. The first-order chi connectivity index (χ1) is 14.8. The zero-order chi connectivity index (χ0) is 22.3. The van der Waals surface area contributed by atoms with Crippen LogP contribution in [0.2, 0.25) is 10.0 Å². The molecule has 0 spiro atoms. The van der Waals surface area contributed by atoms with E-state index in [1.54, 1.807) is 24.3 Å². The van der Waals surface area contributed by atoms with Gasteiger partial charge in [0.2, 0.25) is 0 Å². The van der Waals surface area contributed by atoms with Gasteiger partial charge >= 0.3 is 0 Å². The van der Waals surface area contributed by atoms with Crippen LogP contribution >= 0.6 is 23.2 Å². The lowest BCUT2D eigenvalue weighted by molar-refractivity contribution is -0.120. The summed E-state index contributed by atoms with van der Waals surface area (Å²) in [6.45, 7) is 3.79. The summed E-state index contributed by atoms with van der Waals surface area (Å²) in [5, 5.41) is 0.830. The van der Waals surface area contributed by atoms with Crippen LogP contribution in [0.5, 0.6) is 0 Å². The van der Waals surface area contributed by atoms with Crippen LogP contribution < -0.4 is 4.90 Å². The lowest BCUT2D eigenvalue weighted by Crippen LogP contribution is -2.43. The molecule has 5 nitrogen and oxygen atoms in total. The molecule has 1 fully saturated rings. The third-order valence-corrected chi connectivity index (χ3v) is 6.75. The van der Waals surface area contributed by atoms with E-state index in [9.17, 15) is 9.59 Å². The minimum Gasteiger partial charge on any atom is -0.366 e. The topological polar surface area (TPSA) is 43.9 Å². The molecule has 1 saturated heterocycles. The predicted molar refractivity (Wildman–Crippen MR) is 125 cm³/mol. The van der Waals surface area contributed by atoms with Crippen LogP contribution in [0.3, 0.4) is 0 Å². The molecule has 2 aliphatic heterocycles. The van der Waals surface area contributed by atoms with Gasteiger partial charge in [0.25, 0.3) is 11.8 Å². The zero-order valence-corrected chi connectivity index (χ0v) is 19.4. The number of likely N-dealkylation sites (N-methyl/N-ethyl adjacent to an activating group) is 1. The maximum Gasteiger partial charge on any atom is 0.282 e. The van der Waals surface area contributed by atoms with Gasteiger partial charge in [0.15, 0.2) is 0 Å². The molecule has 0 saturated carbocycles. The van der Waals surface area contributed by atoms with Gasteiger partial charge in [0.05, 0.1) is 16.3 Å². The largest absolute Gasteiger partial charge is 0.366 e. The highest BCUT2D eigenvalue weighted by Gasteiger charge is 2.44. The number of imide groups is 1. The summed E-state index contributed by atoms with van der Waals surface area (Å²) in [7, 11) is 4.00. The number of amides is 2. The second kappa shape index (κ2) is 8.65. The molecule has 0 aromatic heterocycles. The van der Waals surface area contributed by atoms with Crippen LogP contribution in [0.4, 0.5) is 5.69 Å². The van der Waals surface area contributed by atoms with E-state index in [0.717, 1.165) is 31.5 Å². The Kier molecular flexibility index (Phi) is 6.11. The molecule has 0 N–H and O–H groups in total. The third-order valence-electron chi connectivity index (χ3n) is 6.20. The number of halogens is 2. The number of carbonyl (C=O) groups is 2. The highest BCUT2D eigenvalue weighted by Crippen LogP contribution is 2.39. The molecule has 2 heterocycles. The van der Waals surface area contributed by atoms with Gasteiger partial charge in [-0.25, -0.2) is 4.90 Å². The average molecular weight is 458 g/mol. The molecular formula is C24H25Cl2N3O2. The van der Waals surface area contributed by atoms with Gasteiger partial charge < -0.3 is 9.80 Å². The Labute approximate surface area is 192 Å². The molecule has 0 atom stereocenters. The summed E-state index contributed by atoms with van der Waals surface area (Å²) in [6, 6.07) is 12.6. The van der Waals surface area contributed by atoms with E-state index >= 15 is 0 Å². The fourth-order valence-corrected chi connectivity index (χ4v) is 4.88. The number of anilines is 1. The molecule has 31 heavy (non-hydrogen) atoms. The quantitative estimate of drug-likeness (QED) is 0.628. The number of aryl methyl sites for hydroxylation is 1. The van der Waals surface area contributed by atoms with Crippen LogP contribution in [0.25, 0.3) is 5.57 Å². The van der Waals surface area contributed by atoms with Gasteiger partial charge in [-0.05, 0) is 63.7 Å². The van der Waals surface area contributed by atoms with Gasteiger partial charge in [-0.15, -0.1) is 0 Å². The Morgan fingerprint density at radius 2 is 1.68 bits per heavy atom. The second-order valence-corrected chi connectivity index (χ2v) is 9.07. The first kappa shape index (κ1) is 21.9. The number of carbonyl (C=O) groups excluding carboxylic acids is 2. The minimum absolute atomic E-state index is 0.167. The van der Waals surface area contributed by atoms with Crippen LogP contribution in [-0.2, 0) is 9.59 Å². The zero-order valence-electron chi connectivity index (χ0n) is 17.9. The van der Waals surface area contributed by atoms with Crippen molar-refractivity contribution in [1.29, 1.82) is 0 Å². The van der Waals surface area contributed by atoms with E-state index in [1.165, 1.54) is 4.90 Å². The molecule has 0 aliphatic carbocycles. The first-order valence-corrected chi connectivity index (χ1v) is 11.1.